The zero-order valence-electron chi connectivity index (χ0n) is 15.7. The Balaban J connectivity index is 2.01. The first-order valence-electron chi connectivity index (χ1n) is 8.93. The Labute approximate surface area is 177 Å². The molecule has 158 valence electrons. The summed E-state index contributed by atoms with van der Waals surface area (Å²) in [5.41, 5.74) is -1.65. The molecule has 1 unspecified atom stereocenters. The minimum atomic E-state index is -4.85. The molecule has 1 N–H and O–H groups in total. The van der Waals surface area contributed by atoms with E-state index in [2.05, 4.69) is 10.3 Å². The predicted molar refractivity (Wildman–Crippen MR) is 106 cm³/mol. The van der Waals surface area contributed by atoms with E-state index in [1.54, 1.807) is 31.2 Å². The number of anilines is 1. The van der Waals surface area contributed by atoms with Gasteiger partial charge in [0.2, 0.25) is 0 Å². The van der Waals surface area contributed by atoms with Crippen LogP contribution in [0.1, 0.15) is 29.7 Å². The van der Waals surface area contributed by atoms with Gasteiger partial charge in [-0.15, -0.1) is 0 Å². The summed E-state index contributed by atoms with van der Waals surface area (Å²) in [6, 6.07) is 10.1. The van der Waals surface area contributed by atoms with E-state index in [0.717, 1.165) is 23.8 Å². The van der Waals surface area contributed by atoms with Gasteiger partial charge in [0.25, 0.3) is 0 Å². The maximum absolute atomic E-state index is 13.9. The molecule has 2 heterocycles. The van der Waals surface area contributed by atoms with Crippen molar-refractivity contribution in [2.45, 2.75) is 19.1 Å². The van der Waals surface area contributed by atoms with Crippen molar-refractivity contribution in [1.82, 2.24) is 9.38 Å². The number of nitriles is 1. The van der Waals surface area contributed by atoms with Crippen LogP contribution in [0.15, 0.2) is 42.5 Å². The smallest absolute Gasteiger partial charge is 0.365 e. The molecule has 0 saturated carbocycles. The van der Waals surface area contributed by atoms with Crippen molar-refractivity contribution in [2.24, 2.45) is 0 Å². The van der Waals surface area contributed by atoms with Crippen molar-refractivity contribution in [3.05, 3.63) is 75.8 Å². The van der Waals surface area contributed by atoms with E-state index in [0.29, 0.717) is 5.02 Å². The largest absolute Gasteiger partial charge is 0.417 e. The van der Waals surface area contributed by atoms with Crippen molar-refractivity contribution in [3.63, 3.8) is 0 Å². The SMILES string of the molecule is CC(Nc1cc(C(F)(F)F)c(C#N)c2nc3cc(F)c(F)cc3n12)c1ccc(Cl)cc1. The van der Waals surface area contributed by atoms with Crippen LogP contribution in [0.25, 0.3) is 16.7 Å². The van der Waals surface area contributed by atoms with Crippen LogP contribution in [0.5, 0.6) is 0 Å². The Morgan fingerprint density at radius 2 is 1.74 bits per heavy atom. The molecule has 2 aromatic heterocycles. The van der Waals surface area contributed by atoms with E-state index in [1.807, 2.05) is 0 Å². The van der Waals surface area contributed by atoms with Crippen molar-refractivity contribution in [1.29, 1.82) is 5.26 Å². The van der Waals surface area contributed by atoms with Gasteiger partial charge in [0.15, 0.2) is 17.3 Å². The fraction of sp³-hybridized carbons (Fsp3) is 0.143. The Morgan fingerprint density at radius 3 is 2.35 bits per heavy atom. The normalized spacial score (nSPS) is 12.8. The molecule has 10 heteroatoms. The second kappa shape index (κ2) is 7.39. The van der Waals surface area contributed by atoms with E-state index in [-0.39, 0.29) is 22.5 Å². The van der Waals surface area contributed by atoms with E-state index in [9.17, 15) is 27.2 Å². The summed E-state index contributed by atoms with van der Waals surface area (Å²) in [6.07, 6.45) is -4.85. The van der Waals surface area contributed by atoms with Gasteiger partial charge < -0.3 is 5.32 Å². The van der Waals surface area contributed by atoms with Crippen LogP contribution < -0.4 is 5.32 Å². The Hall–Kier alpha value is -3.38. The number of hydrogen-bond donors (Lipinski definition) is 1. The summed E-state index contributed by atoms with van der Waals surface area (Å²) in [6.45, 7) is 1.71. The summed E-state index contributed by atoms with van der Waals surface area (Å²) in [5, 5.41) is 12.9. The Bertz CT molecular complexity index is 1350. The van der Waals surface area contributed by atoms with E-state index in [4.69, 9.17) is 11.6 Å². The lowest BCUT2D eigenvalue weighted by Gasteiger charge is -2.20. The average molecular weight is 451 g/mol. The van der Waals surface area contributed by atoms with Crippen LogP contribution in [-0.2, 0) is 6.18 Å². The first kappa shape index (κ1) is 20.9. The maximum Gasteiger partial charge on any atom is 0.417 e. The predicted octanol–water partition coefficient (Wildman–Crippen LogP) is 6.48. The minimum absolute atomic E-state index is 0.0185. The third-order valence-electron chi connectivity index (χ3n) is 4.86. The summed E-state index contributed by atoms with van der Waals surface area (Å²) in [5.74, 6) is -2.48. The number of rotatable bonds is 3. The van der Waals surface area contributed by atoms with E-state index >= 15 is 0 Å². The summed E-state index contributed by atoms with van der Waals surface area (Å²) < 4.78 is 69.8. The Kier molecular flexibility index (Phi) is 4.98. The molecule has 0 aliphatic carbocycles. The average Bonchev–Trinajstić information content (AvgIpc) is 3.06. The van der Waals surface area contributed by atoms with Gasteiger partial charge in [-0.1, -0.05) is 23.7 Å². The molecule has 4 nitrogen and oxygen atoms in total. The first-order chi connectivity index (χ1) is 14.6. The van der Waals surface area contributed by atoms with Crippen LogP contribution in [0.3, 0.4) is 0 Å². The van der Waals surface area contributed by atoms with Crippen LogP contribution in [0, 0.1) is 23.0 Å². The number of nitrogens with zero attached hydrogens (tertiary/aromatic N) is 3. The highest BCUT2D eigenvalue weighted by molar-refractivity contribution is 6.30. The molecule has 0 radical (unpaired) electrons. The Morgan fingerprint density at radius 1 is 1.10 bits per heavy atom. The number of pyridine rings is 1. The van der Waals surface area contributed by atoms with Gasteiger partial charge in [-0.2, -0.15) is 18.4 Å². The van der Waals surface area contributed by atoms with Gasteiger partial charge in [-0.3, -0.25) is 4.40 Å². The molecule has 1 atom stereocenters. The quantitative estimate of drug-likeness (QED) is 0.363. The maximum atomic E-state index is 13.9. The number of nitrogens with one attached hydrogen (secondary N) is 1. The fourth-order valence-corrected chi connectivity index (χ4v) is 3.50. The van der Waals surface area contributed by atoms with Gasteiger partial charge >= 0.3 is 6.18 Å². The topological polar surface area (TPSA) is 53.1 Å². The fourth-order valence-electron chi connectivity index (χ4n) is 3.37. The van der Waals surface area contributed by atoms with Crippen molar-refractivity contribution in [3.8, 4) is 6.07 Å². The van der Waals surface area contributed by atoms with Crippen molar-refractivity contribution >= 4 is 34.1 Å². The number of halogens is 6. The minimum Gasteiger partial charge on any atom is -0.365 e. The lowest BCUT2D eigenvalue weighted by atomic mass is 10.1. The molecule has 31 heavy (non-hydrogen) atoms. The number of benzene rings is 2. The third-order valence-corrected chi connectivity index (χ3v) is 5.12. The molecule has 0 spiro atoms. The molecule has 0 fully saturated rings. The second-order valence-corrected chi connectivity index (χ2v) is 7.31. The van der Waals surface area contributed by atoms with E-state index in [1.165, 1.54) is 10.5 Å². The number of imidazole rings is 1. The molecule has 2 aromatic carbocycles. The molecule has 0 saturated heterocycles. The van der Waals surface area contributed by atoms with Crippen LogP contribution in [-0.4, -0.2) is 9.38 Å². The van der Waals surface area contributed by atoms with E-state index < -0.39 is 35.0 Å². The standard InChI is InChI=1S/C21H12ClF5N4/c1-10(11-2-4-12(22)5-3-11)29-19-6-14(21(25,26)27)13(9-28)20-30-17-7-15(23)16(24)8-18(17)31(19)20/h2-8,10,29H,1H3. The molecular formula is C21H12ClF5N4. The van der Waals surface area contributed by atoms with Gasteiger partial charge in [-0.25, -0.2) is 13.8 Å². The zero-order chi connectivity index (χ0) is 22.5. The number of hydrogen-bond acceptors (Lipinski definition) is 3. The highest BCUT2D eigenvalue weighted by Gasteiger charge is 2.36. The second-order valence-electron chi connectivity index (χ2n) is 6.87. The highest BCUT2D eigenvalue weighted by atomic mass is 35.5. The summed E-state index contributed by atoms with van der Waals surface area (Å²) in [4.78, 5) is 3.99. The van der Waals surface area contributed by atoms with Gasteiger partial charge in [0.05, 0.1) is 16.6 Å². The van der Waals surface area contributed by atoms with Crippen LogP contribution in [0.2, 0.25) is 5.02 Å². The molecule has 0 bridgehead atoms. The summed E-state index contributed by atoms with van der Waals surface area (Å²) >= 11 is 5.88. The van der Waals surface area contributed by atoms with Gasteiger partial charge in [0, 0.05) is 23.2 Å². The summed E-state index contributed by atoms with van der Waals surface area (Å²) in [7, 11) is 0. The molecule has 4 aromatic rings. The number of alkyl halides is 3. The third kappa shape index (κ3) is 3.64. The molecule has 4 rings (SSSR count). The molecular weight excluding hydrogens is 439 g/mol. The van der Waals surface area contributed by atoms with Crippen molar-refractivity contribution in [2.75, 3.05) is 5.32 Å². The number of fused-ring (bicyclic) bond motifs is 3. The van der Waals surface area contributed by atoms with Crippen LogP contribution >= 0.6 is 11.6 Å². The van der Waals surface area contributed by atoms with Crippen molar-refractivity contribution < 1.29 is 22.0 Å². The first-order valence-corrected chi connectivity index (χ1v) is 9.31. The van der Waals surface area contributed by atoms with Gasteiger partial charge in [-0.05, 0) is 30.7 Å². The molecule has 0 aliphatic rings. The van der Waals surface area contributed by atoms with Gasteiger partial charge in [0.1, 0.15) is 17.5 Å². The zero-order valence-corrected chi connectivity index (χ0v) is 16.5. The van der Waals surface area contributed by atoms with Crippen LogP contribution in [0.4, 0.5) is 27.8 Å². The highest BCUT2D eigenvalue weighted by Crippen LogP contribution is 2.38. The lowest BCUT2D eigenvalue weighted by molar-refractivity contribution is -0.137. The lowest BCUT2D eigenvalue weighted by Crippen LogP contribution is -2.15. The molecule has 0 aliphatic heterocycles. The number of aromatic nitrogens is 2. The monoisotopic (exact) mass is 450 g/mol. The molecule has 0 amide bonds.